The van der Waals surface area contributed by atoms with Gasteiger partial charge in [-0.1, -0.05) is 79.7 Å². The number of hydrogen-bond donors (Lipinski definition) is 1. The first-order valence-electron chi connectivity index (χ1n) is 9.07. The molecule has 2 nitrogen and oxygen atoms in total. The van der Waals surface area contributed by atoms with Gasteiger partial charge in [-0.05, 0) is 39.6 Å². The molecule has 0 fully saturated rings. The van der Waals surface area contributed by atoms with Gasteiger partial charge in [-0.2, -0.15) is 0 Å². The minimum Gasteiger partial charge on any atom is -0.325 e. The lowest BCUT2D eigenvalue weighted by Crippen LogP contribution is -2.11. The van der Waals surface area contributed by atoms with Crippen LogP contribution >= 0.6 is 0 Å². The van der Waals surface area contributed by atoms with Gasteiger partial charge in [-0.3, -0.25) is 4.79 Å². The molecule has 0 radical (unpaired) electrons. The second kappa shape index (κ2) is 7.01. The van der Waals surface area contributed by atoms with Crippen molar-refractivity contribution in [2.24, 2.45) is 0 Å². The van der Waals surface area contributed by atoms with E-state index in [-0.39, 0.29) is 5.91 Å². The van der Waals surface area contributed by atoms with Gasteiger partial charge in [-0.15, -0.1) is 0 Å². The van der Waals surface area contributed by atoms with Crippen LogP contribution in [0.2, 0.25) is 0 Å². The third kappa shape index (κ3) is 2.95. The molecule has 0 bridgehead atoms. The van der Waals surface area contributed by atoms with Crippen LogP contribution < -0.4 is 5.32 Å². The van der Waals surface area contributed by atoms with Gasteiger partial charge in [-0.25, -0.2) is 0 Å². The van der Waals surface area contributed by atoms with Crippen molar-refractivity contribution in [2.45, 2.75) is 19.8 Å². The second-order valence-corrected chi connectivity index (χ2v) is 6.53. The van der Waals surface area contributed by atoms with E-state index >= 15 is 0 Å². The van der Waals surface area contributed by atoms with E-state index in [1.807, 2.05) is 19.1 Å². The van der Waals surface area contributed by atoms with E-state index in [4.69, 9.17) is 0 Å². The van der Waals surface area contributed by atoms with Crippen LogP contribution in [0.4, 0.5) is 5.69 Å². The Balaban J connectivity index is 2.01. The van der Waals surface area contributed by atoms with Crippen LogP contribution in [-0.2, 0) is 4.79 Å². The lowest BCUT2D eigenvalue weighted by Gasteiger charge is -2.16. The maximum absolute atomic E-state index is 12.3. The molecule has 4 aromatic carbocycles. The van der Waals surface area contributed by atoms with Gasteiger partial charge in [0.15, 0.2) is 0 Å². The Morgan fingerprint density at radius 2 is 1.42 bits per heavy atom. The summed E-state index contributed by atoms with van der Waals surface area (Å²) < 4.78 is 0. The topological polar surface area (TPSA) is 29.1 Å². The first kappa shape index (κ1) is 16.3. The predicted octanol–water partition coefficient (Wildman–Crippen LogP) is 6.40. The average molecular weight is 339 g/mol. The molecule has 128 valence electrons. The number of benzene rings is 4. The summed E-state index contributed by atoms with van der Waals surface area (Å²) in [4.78, 5) is 12.3. The fourth-order valence-corrected chi connectivity index (χ4v) is 3.55. The number of amides is 1. The van der Waals surface area contributed by atoms with Gasteiger partial charge in [0.25, 0.3) is 0 Å². The van der Waals surface area contributed by atoms with E-state index < -0.39 is 0 Å². The molecule has 2 heteroatoms. The molecule has 4 rings (SSSR count). The molecule has 0 aliphatic heterocycles. The number of rotatable bonds is 4. The molecule has 0 saturated heterocycles. The van der Waals surface area contributed by atoms with Gasteiger partial charge in [0.05, 0.1) is 0 Å². The number of nitrogens with one attached hydrogen (secondary N) is 1. The SMILES string of the molecule is CCCC(=O)Nc1ccc2ccccc2c1-c1cccc2ccccc12. The molecule has 0 unspecified atom stereocenters. The number of carbonyl (C=O) groups excluding carboxylic acids is 1. The zero-order chi connectivity index (χ0) is 17.9. The van der Waals surface area contributed by atoms with Crippen molar-refractivity contribution in [1.82, 2.24) is 0 Å². The van der Waals surface area contributed by atoms with Gasteiger partial charge in [0.1, 0.15) is 0 Å². The lowest BCUT2D eigenvalue weighted by molar-refractivity contribution is -0.116. The number of hydrogen-bond acceptors (Lipinski definition) is 1. The Morgan fingerprint density at radius 1 is 0.769 bits per heavy atom. The maximum atomic E-state index is 12.3. The number of anilines is 1. The molecule has 0 atom stereocenters. The molecule has 0 aliphatic rings. The third-order valence-corrected chi connectivity index (χ3v) is 4.74. The number of carbonyl (C=O) groups is 1. The molecule has 1 amide bonds. The maximum Gasteiger partial charge on any atom is 0.224 e. The van der Waals surface area contributed by atoms with Crippen LogP contribution in [-0.4, -0.2) is 5.91 Å². The van der Waals surface area contributed by atoms with Crippen LogP contribution in [0.3, 0.4) is 0 Å². The zero-order valence-electron chi connectivity index (χ0n) is 14.8. The van der Waals surface area contributed by atoms with E-state index in [1.165, 1.54) is 16.2 Å². The molecule has 0 heterocycles. The van der Waals surface area contributed by atoms with Crippen LogP contribution in [0, 0.1) is 0 Å². The van der Waals surface area contributed by atoms with Crippen molar-refractivity contribution in [2.75, 3.05) is 5.32 Å². The normalized spacial score (nSPS) is 11.0. The molecular formula is C24H21NO. The molecule has 0 spiro atoms. The van der Waals surface area contributed by atoms with Crippen LogP contribution in [0.5, 0.6) is 0 Å². The summed E-state index contributed by atoms with van der Waals surface area (Å²) in [6, 6.07) is 27.2. The highest BCUT2D eigenvalue weighted by Gasteiger charge is 2.14. The van der Waals surface area contributed by atoms with Gasteiger partial charge in [0, 0.05) is 17.7 Å². The molecule has 0 aromatic heterocycles. The fraction of sp³-hybridized carbons (Fsp3) is 0.125. The van der Waals surface area contributed by atoms with Crippen molar-refractivity contribution in [3.8, 4) is 11.1 Å². The summed E-state index contributed by atoms with van der Waals surface area (Å²) in [5, 5.41) is 7.84. The second-order valence-electron chi connectivity index (χ2n) is 6.53. The van der Waals surface area contributed by atoms with Gasteiger partial charge >= 0.3 is 0 Å². The third-order valence-electron chi connectivity index (χ3n) is 4.74. The minimum absolute atomic E-state index is 0.0595. The lowest BCUT2D eigenvalue weighted by atomic mass is 9.92. The quantitative estimate of drug-likeness (QED) is 0.458. The Bertz CT molecular complexity index is 1090. The highest BCUT2D eigenvalue weighted by atomic mass is 16.1. The first-order valence-corrected chi connectivity index (χ1v) is 9.07. The first-order chi connectivity index (χ1) is 12.8. The van der Waals surface area contributed by atoms with Crippen molar-refractivity contribution in [3.63, 3.8) is 0 Å². The van der Waals surface area contributed by atoms with Crippen LogP contribution in [0.15, 0.2) is 78.9 Å². The summed E-state index contributed by atoms with van der Waals surface area (Å²) in [6.45, 7) is 2.02. The highest BCUT2D eigenvalue weighted by molar-refractivity contribution is 6.11. The Kier molecular flexibility index (Phi) is 4.40. The van der Waals surface area contributed by atoms with E-state index in [0.29, 0.717) is 6.42 Å². The highest BCUT2D eigenvalue weighted by Crippen LogP contribution is 2.39. The van der Waals surface area contributed by atoms with Gasteiger partial charge < -0.3 is 5.32 Å². The largest absolute Gasteiger partial charge is 0.325 e. The van der Waals surface area contributed by atoms with Crippen LogP contribution in [0.25, 0.3) is 32.7 Å². The monoisotopic (exact) mass is 339 g/mol. The van der Waals surface area contributed by atoms with Gasteiger partial charge in [0.2, 0.25) is 5.91 Å². The van der Waals surface area contributed by atoms with Crippen molar-refractivity contribution in [1.29, 1.82) is 0 Å². The van der Waals surface area contributed by atoms with Crippen molar-refractivity contribution in [3.05, 3.63) is 78.9 Å². The fourth-order valence-electron chi connectivity index (χ4n) is 3.55. The Labute approximate surface area is 153 Å². The zero-order valence-corrected chi connectivity index (χ0v) is 14.8. The summed E-state index contributed by atoms with van der Waals surface area (Å²) in [6.07, 6.45) is 1.37. The smallest absolute Gasteiger partial charge is 0.224 e. The molecular weight excluding hydrogens is 318 g/mol. The van der Waals surface area contributed by atoms with E-state index in [0.717, 1.165) is 28.6 Å². The summed E-state index contributed by atoms with van der Waals surface area (Å²) in [5.74, 6) is 0.0595. The molecule has 4 aromatic rings. The minimum atomic E-state index is 0.0595. The molecule has 0 aliphatic carbocycles. The average Bonchev–Trinajstić information content (AvgIpc) is 2.68. The van der Waals surface area contributed by atoms with E-state index in [9.17, 15) is 4.79 Å². The molecule has 1 N–H and O–H groups in total. The van der Waals surface area contributed by atoms with Crippen molar-refractivity contribution < 1.29 is 4.79 Å². The van der Waals surface area contributed by atoms with E-state index in [1.54, 1.807) is 0 Å². The van der Waals surface area contributed by atoms with Crippen LogP contribution in [0.1, 0.15) is 19.8 Å². The predicted molar refractivity (Wildman–Crippen MR) is 110 cm³/mol. The van der Waals surface area contributed by atoms with E-state index in [2.05, 4.69) is 72.0 Å². The Hall–Kier alpha value is -3.13. The Morgan fingerprint density at radius 3 is 2.19 bits per heavy atom. The standard InChI is InChI=1S/C24H21NO/c1-2-8-23(26)25-22-16-15-18-10-4-6-13-20(18)24(22)21-14-7-11-17-9-3-5-12-19(17)21/h3-7,9-16H,2,8H2,1H3,(H,25,26). The summed E-state index contributed by atoms with van der Waals surface area (Å²) in [7, 11) is 0. The van der Waals surface area contributed by atoms with Crippen molar-refractivity contribution >= 4 is 33.1 Å². The molecule has 26 heavy (non-hydrogen) atoms. The molecule has 0 saturated carbocycles. The summed E-state index contributed by atoms with van der Waals surface area (Å²) in [5.41, 5.74) is 3.11. The number of fused-ring (bicyclic) bond motifs is 2. The summed E-state index contributed by atoms with van der Waals surface area (Å²) >= 11 is 0.